The summed E-state index contributed by atoms with van der Waals surface area (Å²) in [6.45, 7) is 0. The van der Waals surface area contributed by atoms with Gasteiger partial charge in [0, 0.05) is 12.2 Å². The summed E-state index contributed by atoms with van der Waals surface area (Å²) in [5, 5.41) is 16.4. The maximum atomic E-state index is 10.2. The molecule has 0 aliphatic carbocycles. The number of nitrogens with two attached hydrogens (primary N) is 1. The van der Waals surface area contributed by atoms with Gasteiger partial charge in [-0.3, -0.25) is 4.79 Å². The predicted molar refractivity (Wildman–Crippen MR) is 52.4 cm³/mol. The van der Waals surface area contributed by atoms with Crippen LogP contribution in [0.25, 0.3) is 0 Å². The summed E-state index contributed by atoms with van der Waals surface area (Å²) in [4.78, 5) is 10.2. The molecule has 0 saturated heterocycles. The first kappa shape index (κ1) is 10.8. The van der Waals surface area contributed by atoms with Crippen LogP contribution in [0.1, 0.15) is 19.3 Å². The van der Waals surface area contributed by atoms with Crippen LogP contribution in [0.2, 0.25) is 0 Å². The van der Waals surface area contributed by atoms with E-state index < -0.39 is 5.97 Å². The van der Waals surface area contributed by atoms with Gasteiger partial charge in [-0.05, 0) is 12.8 Å². The SMILES string of the molecule is Nn1cnnc1SCCCCC(=O)O. The Labute approximate surface area is 85.5 Å². The van der Waals surface area contributed by atoms with Crippen molar-refractivity contribution in [2.75, 3.05) is 11.6 Å². The van der Waals surface area contributed by atoms with Gasteiger partial charge in [-0.2, -0.15) is 0 Å². The Morgan fingerprint density at radius 3 is 3.00 bits per heavy atom. The number of nitrogen functional groups attached to an aromatic ring is 1. The summed E-state index contributed by atoms with van der Waals surface area (Å²) < 4.78 is 1.35. The summed E-state index contributed by atoms with van der Waals surface area (Å²) in [5.41, 5.74) is 0. The fourth-order valence-electron chi connectivity index (χ4n) is 0.877. The molecule has 0 aromatic carbocycles. The highest BCUT2D eigenvalue weighted by Crippen LogP contribution is 2.14. The first-order valence-electron chi connectivity index (χ1n) is 4.20. The molecule has 14 heavy (non-hydrogen) atoms. The molecular weight excluding hydrogens is 204 g/mol. The van der Waals surface area contributed by atoms with Gasteiger partial charge < -0.3 is 10.9 Å². The van der Waals surface area contributed by atoms with Gasteiger partial charge in [-0.1, -0.05) is 11.8 Å². The number of carboxylic acids is 1. The van der Waals surface area contributed by atoms with Gasteiger partial charge in [-0.25, -0.2) is 4.68 Å². The Bertz CT molecular complexity index is 302. The number of hydrogen-bond acceptors (Lipinski definition) is 5. The van der Waals surface area contributed by atoms with Crippen molar-refractivity contribution in [3.05, 3.63) is 6.33 Å². The summed E-state index contributed by atoms with van der Waals surface area (Å²) in [6, 6.07) is 0. The van der Waals surface area contributed by atoms with Crippen molar-refractivity contribution in [2.45, 2.75) is 24.4 Å². The molecule has 3 N–H and O–H groups in total. The Balaban J connectivity index is 2.10. The number of aromatic nitrogens is 3. The first-order chi connectivity index (χ1) is 6.70. The Morgan fingerprint density at radius 1 is 1.64 bits per heavy atom. The van der Waals surface area contributed by atoms with Gasteiger partial charge in [0.2, 0.25) is 5.16 Å². The molecule has 7 heteroatoms. The Kier molecular flexibility index (Phi) is 4.24. The zero-order valence-electron chi connectivity index (χ0n) is 7.59. The van der Waals surface area contributed by atoms with Crippen LogP contribution in [0.4, 0.5) is 0 Å². The molecule has 1 aromatic rings. The van der Waals surface area contributed by atoms with Crippen LogP contribution in [-0.2, 0) is 4.79 Å². The lowest BCUT2D eigenvalue weighted by Gasteiger charge is -1.98. The number of carbonyl (C=O) groups is 1. The van der Waals surface area contributed by atoms with Crippen LogP contribution in [0.15, 0.2) is 11.5 Å². The van der Waals surface area contributed by atoms with Gasteiger partial charge >= 0.3 is 5.97 Å². The van der Waals surface area contributed by atoms with Crippen molar-refractivity contribution in [3.8, 4) is 0 Å². The largest absolute Gasteiger partial charge is 0.481 e. The molecule has 6 nitrogen and oxygen atoms in total. The maximum Gasteiger partial charge on any atom is 0.303 e. The lowest BCUT2D eigenvalue weighted by Crippen LogP contribution is -2.07. The average molecular weight is 216 g/mol. The Morgan fingerprint density at radius 2 is 2.43 bits per heavy atom. The van der Waals surface area contributed by atoms with E-state index in [1.165, 1.54) is 22.8 Å². The molecule has 1 aromatic heterocycles. The van der Waals surface area contributed by atoms with Gasteiger partial charge in [0.25, 0.3) is 0 Å². The van der Waals surface area contributed by atoms with E-state index >= 15 is 0 Å². The minimum absolute atomic E-state index is 0.218. The summed E-state index contributed by atoms with van der Waals surface area (Å²) in [7, 11) is 0. The highest BCUT2D eigenvalue weighted by atomic mass is 32.2. The van der Waals surface area contributed by atoms with Crippen LogP contribution in [0.3, 0.4) is 0 Å². The number of nitrogens with zero attached hydrogens (tertiary/aromatic N) is 3. The number of hydrogen-bond donors (Lipinski definition) is 2. The second kappa shape index (κ2) is 5.48. The molecule has 0 aliphatic rings. The normalized spacial score (nSPS) is 10.3. The van der Waals surface area contributed by atoms with E-state index in [4.69, 9.17) is 10.9 Å². The van der Waals surface area contributed by atoms with Crippen molar-refractivity contribution < 1.29 is 9.90 Å². The number of unbranched alkanes of at least 4 members (excludes halogenated alkanes) is 1. The minimum Gasteiger partial charge on any atom is -0.481 e. The second-order valence-corrected chi connectivity index (χ2v) is 3.78. The third-order valence-corrected chi connectivity index (χ3v) is 2.60. The van der Waals surface area contributed by atoms with Crippen LogP contribution in [-0.4, -0.2) is 31.7 Å². The smallest absolute Gasteiger partial charge is 0.303 e. The Hall–Kier alpha value is -1.24. The summed E-state index contributed by atoms with van der Waals surface area (Å²) >= 11 is 1.48. The molecule has 0 unspecified atom stereocenters. The van der Waals surface area contributed by atoms with E-state index in [0.29, 0.717) is 11.6 Å². The third-order valence-electron chi connectivity index (χ3n) is 1.56. The van der Waals surface area contributed by atoms with E-state index in [1.54, 1.807) is 0 Å². The van der Waals surface area contributed by atoms with E-state index in [2.05, 4.69) is 10.2 Å². The monoisotopic (exact) mass is 216 g/mol. The summed E-state index contributed by atoms with van der Waals surface area (Å²) in [6.07, 6.45) is 3.17. The second-order valence-electron chi connectivity index (χ2n) is 2.72. The maximum absolute atomic E-state index is 10.2. The highest BCUT2D eigenvalue weighted by Gasteiger charge is 2.02. The fraction of sp³-hybridized carbons (Fsp3) is 0.571. The molecule has 1 heterocycles. The van der Waals surface area contributed by atoms with Gasteiger partial charge in [0.1, 0.15) is 6.33 Å². The fourth-order valence-corrected chi connectivity index (χ4v) is 1.71. The molecule has 1 rings (SSSR count). The molecular formula is C7H12N4O2S. The zero-order chi connectivity index (χ0) is 10.4. The van der Waals surface area contributed by atoms with E-state index in [0.717, 1.165) is 12.2 Å². The van der Waals surface area contributed by atoms with Crippen molar-refractivity contribution in [3.63, 3.8) is 0 Å². The van der Waals surface area contributed by atoms with Crippen molar-refractivity contribution in [1.29, 1.82) is 0 Å². The quantitative estimate of drug-likeness (QED) is 0.404. The first-order valence-corrected chi connectivity index (χ1v) is 5.18. The molecule has 0 fully saturated rings. The molecule has 0 spiro atoms. The van der Waals surface area contributed by atoms with Gasteiger partial charge in [0.05, 0.1) is 0 Å². The lowest BCUT2D eigenvalue weighted by atomic mass is 10.3. The lowest BCUT2D eigenvalue weighted by molar-refractivity contribution is -0.137. The topological polar surface area (TPSA) is 94.0 Å². The number of aliphatic carboxylic acids is 1. The van der Waals surface area contributed by atoms with Crippen molar-refractivity contribution in [1.82, 2.24) is 14.9 Å². The zero-order valence-corrected chi connectivity index (χ0v) is 8.40. The number of rotatable bonds is 6. The number of carboxylic acid groups (broad SMARTS) is 1. The highest BCUT2D eigenvalue weighted by molar-refractivity contribution is 7.99. The molecule has 0 atom stereocenters. The molecule has 0 amide bonds. The predicted octanol–water partition coefficient (Wildman–Crippen LogP) is 0.339. The molecule has 78 valence electrons. The average Bonchev–Trinajstić information content (AvgIpc) is 2.51. The minimum atomic E-state index is -0.753. The van der Waals surface area contributed by atoms with E-state index in [9.17, 15) is 4.79 Å². The standard InChI is InChI=1S/C7H12N4O2S/c8-11-5-9-10-7(11)14-4-2-1-3-6(12)13/h5H,1-4,8H2,(H,12,13). The van der Waals surface area contributed by atoms with E-state index in [1.807, 2.05) is 0 Å². The van der Waals surface area contributed by atoms with E-state index in [-0.39, 0.29) is 6.42 Å². The molecule has 0 saturated carbocycles. The number of thioether (sulfide) groups is 1. The van der Waals surface area contributed by atoms with Crippen LogP contribution >= 0.6 is 11.8 Å². The van der Waals surface area contributed by atoms with Crippen molar-refractivity contribution in [2.24, 2.45) is 0 Å². The van der Waals surface area contributed by atoms with Gasteiger partial charge in [-0.15, -0.1) is 10.2 Å². The van der Waals surface area contributed by atoms with Crippen LogP contribution in [0, 0.1) is 0 Å². The molecule has 0 bridgehead atoms. The third kappa shape index (κ3) is 3.65. The van der Waals surface area contributed by atoms with Crippen LogP contribution in [0.5, 0.6) is 0 Å². The summed E-state index contributed by atoms with van der Waals surface area (Å²) in [5.74, 6) is 5.54. The van der Waals surface area contributed by atoms with Crippen LogP contribution < -0.4 is 5.84 Å². The molecule has 0 radical (unpaired) electrons. The van der Waals surface area contributed by atoms with Crippen molar-refractivity contribution >= 4 is 17.7 Å². The molecule has 0 aliphatic heterocycles. The van der Waals surface area contributed by atoms with Gasteiger partial charge in [0.15, 0.2) is 0 Å².